The number of ether oxygens (including phenoxy) is 1. The molecule has 2 aromatic rings. The molecule has 2 heterocycles. The Bertz CT molecular complexity index is 669. The van der Waals surface area contributed by atoms with E-state index in [-0.39, 0.29) is 11.7 Å². The van der Waals surface area contributed by atoms with Crippen molar-refractivity contribution in [3.63, 3.8) is 0 Å². The van der Waals surface area contributed by atoms with Crippen LogP contribution in [0.2, 0.25) is 0 Å². The molecule has 0 bridgehead atoms. The van der Waals surface area contributed by atoms with Gasteiger partial charge in [-0.15, -0.1) is 27.0 Å². The average molecular weight is 354 g/mol. The minimum atomic E-state index is -0.157. The van der Waals surface area contributed by atoms with Crippen molar-refractivity contribution in [3.8, 4) is 0 Å². The van der Waals surface area contributed by atoms with E-state index < -0.39 is 0 Å². The Morgan fingerprint density at radius 2 is 2.26 bits per heavy atom. The summed E-state index contributed by atoms with van der Waals surface area (Å²) in [6, 6.07) is 0. The van der Waals surface area contributed by atoms with Crippen molar-refractivity contribution in [3.05, 3.63) is 23.5 Å². The first-order chi connectivity index (χ1) is 11.2. The standard InChI is InChI=1S/C13H18N6O2S2/c1-4-6-19-9(7-21-3)15-18-13(19)22-8-10(20)14-12-17-16-11(5-2)23-12/h4H,1,5-8H2,2-3H3,(H,14,17,20). The Morgan fingerprint density at radius 3 is 2.91 bits per heavy atom. The van der Waals surface area contributed by atoms with Crippen LogP contribution >= 0.6 is 23.1 Å². The molecule has 2 rings (SSSR count). The average Bonchev–Trinajstić information content (AvgIpc) is 3.14. The predicted molar refractivity (Wildman–Crippen MR) is 89.6 cm³/mol. The molecule has 0 saturated carbocycles. The zero-order valence-corrected chi connectivity index (χ0v) is 14.6. The van der Waals surface area contributed by atoms with Gasteiger partial charge in [-0.1, -0.05) is 36.1 Å². The van der Waals surface area contributed by atoms with Crippen molar-refractivity contribution in [2.45, 2.75) is 31.7 Å². The predicted octanol–water partition coefficient (Wildman–Crippen LogP) is 1.76. The van der Waals surface area contributed by atoms with Gasteiger partial charge in [0.2, 0.25) is 11.0 Å². The van der Waals surface area contributed by atoms with Gasteiger partial charge in [0.1, 0.15) is 11.6 Å². The quantitative estimate of drug-likeness (QED) is 0.541. The summed E-state index contributed by atoms with van der Waals surface area (Å²) in [6.07, 6.45) is 2.55. The molecule has 2 aromatic heterocycles. The number of hydrogen-bond donors (Lipinski definition) is 1. The molecule has 0 atom stereocenters. The number of carbonyl (C=O) groups is 1. The maximum atomic E-state index is 12.0. The highest BCUT2D eigenvalue weighted by Gasteiger charge is 2.14. The topological polar surface area (TPSA) is 94.8 Å². The van der Waals surface area contributed by atoms with Crippen LogP contribution in [0.25, 0.3) is 0 Å². The summed E-state index contributed by atoms with van der Waals surface area (Å²) in [4.78, 5) is 12.0. The number of nitrogens with one attached hydrogen (secondary N) is 1. The molecule has 0 saturated heterocycles. The van der Waals surface area contributed by atoms with E-state index in [9.17, 15) is 4.79 Å². The Balaban J connectivity index is 1.94. The van der Waals surface area contributed by atoms with Crippen LogP contribution in [-0.2, 0) is 29.1 Å². The summed E-state index contributed by atoms with van der Waals surface area (Å²) in [5.41, 5.74) is 0. The van der Waals surface area contributed by atoms with Crippen molar-refractivity contribution in [1.82, 2.24) is 25.0 Å². The van der Waals surface area contributed by atoms with Gasteiger partial charge in [0.15, 0.2) is 11.0 Å². The molecule has 124 valence electrons. The van der Waals surface area contributed by atoms with E-state index in [1.165, 1.54) is 23.1 Å². The summed E-state index contributed by atoms with van der Waals surface area (Å²) in [7, 11) is 1.60. The molecule has 0 aliphatic heterocycles. The second kappa shape index (κ2) is 8.75. The summed E-state index contributed by atoms with van der Waals surface area (Å²) < 4.78 is 6.96. The van der Waals surface area contributed by atoms with Gasteiger partial charge >= 0.3 is 0 Å². The van der Waals surface area contributed by atoms with E-state index >= 15 is 0 Å². The number of thioether (sulfide) groups is 1. The number of aryl methyl sites for hydroxylation is 1. The molecule has 0 spiro atoms. The third kappa shape index (κ3) is 4.85. The fourth-order valence-corrected chi connectivity index (χ4v) is 3.17. The van der Waals surface area contributed by atoms with Crippen LogP contribution in [0.3, 0.4) is 0 Å². The van der Waals surface area contributed by atoms with Gasteiger partial charge in [0.05, 0.1) is 5.75 Å². The van der Waals surface area contributed by atoms with Crippen LogP contribution in [0, 0.1) is 0 Å². The second-order valence-corrected chi connectivity index (χ2v) is 6.43. The lowest BCUT2D eigenvalue weighted by Gasteiger charge is -2.06. The molecule has 0 fully saturated rings. The first-order valence-corrected chi connectivity index (χ1v) is 8.75. The third-order valence-electron chi connectivity index (χ3n) is 2.73. The number of hydrogen-bond acceptors (Lipinski definition) is 8. The highest BCUT2D eigenvalue weighted by Crippen LogP contribution is 2.19. The molecule has 10 heteroatoms. The highest BCUT2D eigenvalue weighted by atomic mass is 32.2. The Hall–Kier alpha value is -1.78. The summed E-state index contributed by atoms with van der Waals surface area (Å²) in [6.45, 7) is 6.63. The number of aromatic nitrogens is 5. The van der Waals surface area contributed by atoms with E-state index in [1.54, 1.807) is 13.2 Å². The van der Waals surface area contributed by atoms with Crippen molar-refractivity contribution >= 4 is 34.1 Å². The molecule has 1 N–H and O–H groups in total. The Labute approximate surface area is 142 Å². The molecule has 0 aliphatic carbocycles. The van der Waals surface area contributed by atoms with Gasteiger partial charge < -0.3 is 9.30 Å². The largest absolute Gasteiger partial charge is 0.377 e. The number of carbonyl (C=O) groups excluding carboxylic acids is 1. The lowest BCUT2D eigenvalue weighted by atomic mass is 10.5. The van der Waals surface area contributed by atoms with Crippen LogP contribution in [0.15, 0.2) is 17.8 Å². The maximum Gasteiger partial charge on any atom is 0.236 e. The van der Waals surface area contributed by atoms with Gasteiger partial charge in [-0.3, -0.25) is 10.1 Å². The van der Waals surface area contributed by atoms with E-state index in [2.05, 4.69) is 32.3 Å². The minimum Gasteiger partial charge on any atom is -0.377 e. The number of rotatable bonds is 9. The normalized spacial score (nSPS) is 10.7. The van der Waals surface area contributed by atoms with E-state index in [0.29, 0.717) is 29.3 Å². The smallest absolute Gasteiger partial charge is 0.236 e. The number of anilines is 1. The van der Waals surface area contributed by atoms with Gasteiger partial charge in [-0.25, -0.2) is 0 Å². The molecule has 8 nitrogen and oxygen atoms in total. The molecule has 0 radical (unpaired) electrons. The fraction of sp³-hybridized carbons (Fsp3) is 0.462. The minimum absolute atomic E-state index is 0.157. The molecule has 0 unspecified atom stereocenters. The lowest BCUT2D eigenvalue weighted by Crippen LogP contribution is -2.14. The van der Waals surface area contributed by atoms with Crippen molar-refractivity contribution in [1.29, 1.82) is 0 Å². The number of amides is 1. The van der Waals surface area contributed by atoms with Crippen LogP contribution < -0.4 is 5.32 Å². The van der Waals surface area contributed by atoms with Crippen molar-refractivity contribution in [2.75, 3.05) is 18.2 Å². The van der Waals surface area contributed by atoms with Gasteiger partial charge in [-0.2, -0.15) is 0 Å². The monoisotopic (exact) mass is 354 g/mol. The summed E-state index contributed by atoms with van der Waals surface area (Å²) in [5, 5.41) is 20.8. The summed E-state index contributed by atoms with van der Waals surface area (Å²) >= 11 is 2.68. The molecule has 1 amide bonds. The highest BCUT2D eigenvalue weighted by molar-refractivity contribution is 7.99. The van der Waals surface area contributed by atoms with Gasteiger partial charge in [0.25, 0.3) is 0 Å². The van der Waals surface area contributed by atoms with Crippen LogP contribution in [0.1, 0.15) is 17.8 Å². The third-order valence-corrected chi connectivity index (χ3v) is 4.68. The van der Waals surface area contributed by atoms with Gasteiger partial charge in [0, 0.05) is 13.7 Å². The Kier molecular flexibility index (Phi) is 6.68. The second-order valence-electron chi connectivity index (χ2n) is 4.42. The maximum absolute atomic E-state index is 12.0. The number of methoxy groups -OCH3 is 1. The van der Waals surface area contributed by atoms with E-state index in [4.69, 9.17) is 4.74 Å². The van der Waals surface area contributed by atoms with E-state index in [0.717, 1.165) is 11.4 Å². The van der Waals surface area contributed by atoms with Gasteiger partial charge in [-0.05, 0) is 6.42 Å². The SMILES string of the molecule is C=CCn1c(COC)nnc1SCC(=O)Nc1nnc(CC)s1. The van der Waals surface area contributed by atoms with Crippen molar-refractivity contribution in [2.24, 2.45) is 0 Å². The first-order valence-electron chi connectivity index (χ1n) is 6.94. The first kappa shape index (κ1) is 17.6. The number of nitrogens with zero attached hydrogens (tertiary/aromatic N) is 5. The fourth-order valence-electron chi connectivity index (χ4n) is 1.71. The van der Waals surface area contributed by atoms with Crippen LogP contribution in [-0.4, -0.2) is 43.7 Å². The zero-order chi connectivity index (χ0) is 16.7. The number of allylic oxidation sites excluding steroid dienone is 1. The van der Waals surface area contributed by atoms with Crippen LogP contribution in [0.4, 0.5) is 5.13 Å². The molecule has 23 heavy (non-hydrogen) atoms. The lowest BCUT2D eigenvalue weighted by molar-refractivity contribution is -0.113. The molecular weight excluding hydrogens is 336 g/mol. The molecule has 0 aromatic carbocycles. The van der Waals surface area contributed by atoms with E-state index in [1.807, 2.05) is 11.5 Å². The zero-order valence-electron chi connectivity index (χ0n) is 13.0. The van der Waals surface area contributed by atoms with Crippen molar-refractivity contribution < 1.29 is 9.53 Å². The molecule has 0 aliphatic rings. The van der Waals surface area contributed by atoms with Crippen LogP contribution in [0.5, 0.6) is 0 Å². The molecular formula is C13H18N6O2S2. The summed E-state index contributed by atoms with van der Waals surface area (Å²) in [5.74, 6) is 0.755. The Morgan fingerprint density at radius 1 is 1.43 bits per heavy atom.